The zero-order valence-corrected chi connectivity index (χ0v) is 10.8. The summed E-state index contributed by atoms with van der Waals surface area (Å²) < 4.78 is 0. The average molecular weight is 216 g/mol. The van der Waals surface area contributed by atoms with Crippen molar-refractivity contribution < 1.29 is 14.9 Å². The highest BCUT2D eigenvalue weighted by atomic mass is 17.1. The molecule has 0 rings (SSSR count). The normalized spacial score (nSPS) is 14.9. The first-order valence-corrected chi connectivity index (χ1v) is 5.43. The van der Waals surface area contributed by atoms with E-state index in [1.165, 1.54) is 0 Å². The lowest BCUT2D eigenvalue weighted by Crippen LogP contribution is -2.30. The molecule has 90 valence electrons. The summed E-state index contributed by atoms with van der Waals surface area (Å²) >= 11 is 0. The molecule has 0 aliphatic carbocycles. The summed E-state index contributed by atoms with van der Waals surface area (Å²) in [4.78, 5) is 15.3. The molecule has 0 aromatic carbocycles. The summed E-state index contributed by atoms with van der Waals surface area (Å²) in [5.41, 5.74) is 0.0182. The van der Waals surface area contributed by atoms with E-state index in [4.69, 9.17) is 5.26 Å². The van der Waals surface area contributed by atoms with E-state index in [2.05, 4.69) is 25.7 Å². The fraction of sp³-hybridized carbons (Fsp3) is 0.917. The zero-order valence-electron chi connectivity index (χ0n) is 10.8. The van der Waals surface area contributed by atoms with Gasteiger partial charge in [-0.2, -0.15) is 5.26 Å². The summed E-state index contributed by atoms with van der Waals surface area (Å²) in [7, 11) is 0. The molecule has 0 bridgehead atoms. The summed E-state index contributed by atoms with van der Waals surface area (Å²) in [6.07, 6.45) is 1.68. The molecule has 0 radical (unpaired) electrons. The van der Waals surface area contributed by atoms with E-state index in [-0.39, 0.29) is 16.7 Å². The van der Waals surface area contributed by atoms with Crippen LogP contribution < -0.4 is 0 Å². The maximum atomic E-state index is 11.4. The predicted octanol–water partition coefficient (Wildman–Crippen LogP) is 3.49. The average Bonchev–Trinajstić information content (AvgIpc) is 1.99. The van der Waals surface area contributed by atoms with Crippen LogP contribution in [-0.4, -0.2) is 11.2 Å². The van der Waals surface area contributed by atoms with Crippen LogP contribution in [0.3, 0.4) is 0 Å². The van der Waals surface area contributed by atoms with Gasteiger partial charge < -0.3 is 4.89 Å². The Morgan fingerprint density at radius 3 is 1.93 bits per heavy atom. The van der Waals surface area contributed by atoms with Crippen LogP contribution in [0, 0.1) is 16.7 Å². The Bertz CT molecular complexity index is 208. The molecule has 0 amide bonds. The molecule has 0 heterocycles. The molecule has 0 aromatic rings. The van der Waals surface area contributed by atoms with Crippen LogP contribution in [0.2, 0.25) is 0 Å². The quantitative estimate of drug-likeness (QED) is 0.580. The smallest absolute Gasteiger partial charge is 0.301 e. The molecule has 1 atom stereocenters. The first-order chi connectivity index (χ1) is 6.58. The third-order valence-corrected chi connectivity index (χ3v) is 2.60. The number of hydrogen-bond donors (Lipinski definition) is 1. The van der Waals surface area contributed by atoms with E-state index in [1.54, 1.807) is 0 Å². The van der Waals surface area contributed by atoms with Gasteiger partial charge in [-0.25, -0.2) is 4.79 Å². The van der Waals surface area contributed by atoms with Crippen LogP contribution in [0.5, 0.6) is 0 Å². The Hall–Kier alpha value is -0.570. The maximum absolute atomic E-state index is 11.4. The van der Waals surface area contributed by atoms with E-state index in [9.17, 15) is 4.79 Å². The van der Waals surface area contributed by atoms with Gasteiger partial charge in [-0.1, -0.05) is 41.5 Å². The lowest BCUT2D eigenvalue weighted by molar-refractivity contribution is -0.242. The highest BCUT2D eigenvalue weighted by molar-refractivity contribution is 5.72. The summed E-state index contributed by atoms with van der Waals surface area (Å²) in [6, 6.07) is 0. The van der Waals surface area contributed by atoms with E-state index in [0.717, 1.165) is 12.8 Å². The van der Waals surface area contributed by atoms with Crippen LogP contribution in [-0.2, 0) is 9.68 Å². The Kier molecular flexibility index (Phi) is 4.78. The number of carbonyl (C=O) groups is 1. The van der Waals surface area contributed by atoms with E-state index >= 15 is 0 Å². The molecule has 0 aliphatic rings. The van der Waals surface area contributed by atoms with Gasteiger partial charge in [0.25, 0.3) is 0 Å². The fourth-order valence-electron chi connectivity index (χ4n) is 1.55. The van der Waals surface area contributed by atoms with Crippen LogP contribution in [0.4, 0.5) is 0 Å². The summed E-state index contributed by atoms with van der Waals surface area (Å²) in [5, 5.41) is 8.45. The minimum absolute atomic E-state index is 0.176. The van der Waals surface area contributed by atoms with Crippen molar-refractivity contribution in [1.29, 1.82) is 0 Å². The molecule has 0 saturated heterocycles. The lowest BCUT2D eigenvalue weighted by atomic mass is 9.75. The van der Waals surface area contributed by atoms with Crippen LogP contribution in [0.1, 0.15) is 54.4 Å². The Morgan fingerprint density at radius 2 is 1.67 bits per heavy atom. The van der Waals surface area contributed by atoms with Gasteiger partial charge in [0.2, 0.25) is 0 Å². The van der Waals surface area contributed by atoms with Crippen LogP contribution in [0.25, 0.3) is 0 Å². The molecule has 0 aromatic heterocycles. The van der Waals surface area contributed by atoms with Crippen molar-refractivity contribution in [2.24, 2.45) is 16.7 Å². The predicted molar refractivity (Wildman–Crippen MR) is 60.4 cm³/mol. The van der Waals surface area contributed by atoms with E-state index in [0.29, 0.717) is 0 Å². The molecule has 3 heteroatoms. The Morgan fingerprint density at radius 1 is 1.20 bits per heavy atom. The van der Waals surface area contributed by atoms with Gasteiger partial charge in [-0.15, -0.1) is 0 Å². The van der Waals surface area contributed by atoms with E-state index < -0.39 is 5.97 Å². The SMILES string of the molecule is CC(C)(C)CCC(C(=O)OO)C(C)(C)C. The zero-order chi connectivity index (χ0) is 12.3. The fourth-order valence-corrected chi connectivity index (χ4v) is 1.55. The second-order valence-electron chi connectivity index (χ2n) is 6.43. The topological polar surface area (TPSA) is 46.5 Å². The molecule has 0 spiro atoms. The molecule has 1 unspecified atom stereocenters. The lowest BCUT2D eigenvalue weighted by Gasteiger charge is -2.30. The third-order valence-electron chi connectivity index (χ3n) is 2.60. The van der Waals surface area contributed by atoms with Crippen molar-refractivity contribution in [2.75, 3.05) is 0 Å². The highest BCUT2D eigenvalue weighted by Gasteiger charge is 2.33. The molecule has 0 aliphatic heterocycles. The van der Waals surface area contributed by atoms with Gasteiger partial charge in [-0.05, 0) is 23.7 Å². The minimum Gasteiger partial charge on any atom is -0.301 e. The van der Waals surface area contributed by atoms with Gasteiger partial charge in [-0.3, -0.25) is 0 Å². The standard InChI is InChI=1S/C12H24O3/c1-11(2,3)8-7-9(10(13)15-14)12(4,5)6/h9,14H,7-8H2,1-6H3. The second kappa shape index (κ2) is 4.97. The van der Waals surface area contributed by atoms with Gasteiger partial charge >= 0.3 is 5.97 Å². The first-order valence-electron chi connectivity index (χ1n) is 5.43. The van der Waals surface area contributed by atoms with E-state index in [1.807, 2.05) is 20.8 Å². The maximum Gasteiger partial charge on any atom is 0.345 e. The van der Waals surface area contributed by atoms with Crippen molar-refractivity contribution >= 4 is 5.97 Å². The summed E-state index contributed by atoms with van der Waals surface area (Å²) in [5.74, 6) is -0.770. The van der Waals surface area contributed by atoms with Crippen molar-refractivity contribution in [1.82, 2.24) is 0 Å². The molecule has 3 nitrogen and oxygen atoms in total. The van der Waals surface area contributed by atoms with Crippen molar-refractivity contribution in [2.45, 2.75) is 54.4 Å². The third kappa shape index (κ3) is 5.78. The van der Waals surface area contributed by atoms with Gasteiger partial charge in [0.1, 0.15) is 0 Å². The molecular weight excluding hydrogens is 192 g/mol. The second-order valence-corrected chi connectivity index (χ2v) is 6.43. The number of hydrogen-bond acceptors (Lipinski definition) is 3. The Balaban J connectivity index is 4.48. The first kappa shape index (κ1) is 14.4. The molecule has 0 fully saturated rings. The van der Waals surface area contributed by atoms with Gasteiger partial charge in [0.15, 0.2) is 0 Å². The molecule has 1 N–H and O–H groups in total. The minimum atomic E-state index is -0.522. The highest BCUT2D eigenvalue weighted by Crippen LogP contribution is 2.34. The van der Waals surface area contributed by atoms with Crippen molar-refractivity contribution in [3.63, 3.8) is 0 Å². The van der Waals surface area contributed by atoms with Crippen molar-refractivity contribution in [3.8, 4) is 0 Å². The molecular formula is C12H24O3. The number of rotatable bonds is 3. The van der Waals surface area contributed by atoms with Gasteiger partial charge in [0, 0.05) is 0 Å². The van der Waals surface area contributed by atoms with Crippen LogP contribution in [0.15, 0.2) is 0 Å². The summed E-state index contributed by atoms with van der Waals surface area (Å²) in [6.45, 7) is 12.4. The van der Waals surface area contributed by atoms with Crippen molar-refractivity contribution in [3.05, 3.63) is 0 Å². The largest absolute Gasteiger partial charge is 0.345 e. The monoisotopic (exact) mass is 216 g/mol. The van der Waals surface area contributed by atoms with Gasteiger partial charge in [0.05, 0.1) is 5.92 Å². The molecule has 15 heavy (non-hydrogen) atoms. The number of carbonyl (C=O) groups excluding carboxylic acids is 1. The Labute approximate surface area is 92.8 Å². The molecule has 0 saturated carbocycles. The van der Waals surface area contributed by atoms with Crippen LogP contribution >= 0.6 is 0 Å².